The number of anilines is 2. The van der Waals surface area contributed by atoms with Crippen molar-refractivity contribution in [3.63, 3.8) is 0 Å². The fourth-order valence-corrected chi connectivity index (χ4v) is 2.79. The van der Waals surface area contributed by atoms with Crippen molar-refractivity contribution in [2.24, 2.45) is 10.7 Å². The van der Waals surface area contributed by atoms with E-state index < -0.39 is 17.6 Å². The summed E-state index contributed by atoms with van der Waals surface area (Å²) in [6.07, 6.45) is -3.41. The van der Waals surface area contributed by atoms with E-state index in [0.717, 1.165) is 18.3 Å². The third kappa shape index (κ3) is 4.71. The molecule has 0 unspecified atom stereocenters. The van der Waals surface area contributed by atoms with E-state index >= 15 is 0 Å². The Morgan fingerprint density at radius 2 is 2.07 bits per heavy atom. The van der Waals surface area contributed by atoms with Gasteiger partial charge in [0, 0.05) is 22.5 Å². The molecule has 30 heavy (non-hydrogen) atoms. The molecule has 2 aromatic carbocycles. The van der Waals surface area contributed by atoms with Gasteiger partial charge < -0.3 is 15.8 Å². The Bertz CT molecular complexity index is 1110. The molecule has 0 bridgehead atoms. The van der Waals surface area contributed by atoms with Crippen molar-refractivity contribution in [1.29, 1.82) is 0 Å². The smallest absolute Gasteiger partial charge is 0.416 e. The standard InChI is InChI=1S/C19H15ClF3N5O2/c1-30-14-6-5-11(19(21,22)23)7-10(14)9-25-17-15(16(24)29)18(28-27-17)26-13-4-2-3-12(20)8-13/h2-9H,1H3,(H2,24,29)(H2,26,27,28)/b25-9+. The van der Waals surface area contributed by atoms with Gasteiger partial charge in [0.2, 0.25) is 0 Å². The summed E-state index contributed by atoms with van der Waals surface area (Å²) in [5.74, 6) is -0.611. The number of benzene rings is 2. The second-order valence-corrected chi connectivity index (χ2v) is 6.44. The van der Waals surface area contributed by atoms with E-state index in [-0.39, 0.29) is 28.5 Å². The minimum absolute atomic E-state index is 0.0357. The maximum Gasteiger partial charge on any atom is 0.416 e. The predicted molar refractivity (Wildman–Crippen MR) is 107 cm³/mol. The molecule has 0 saturated carbocycles. The summed E-state index contributed by atoms with van der Waals surface area (Å²) < 4.78 is 44.1. The zero-order chi connectivity index (χ0) is 21.9. The number of hydrogen-bond donors (Lipinski definition) is 3. The van der Waals surface area contributed by atoms with Crippen molar-refractivity contribution in [1.82, 2.24) is 10.2 Å². The lowest BCUT2D eigenvalue weighted by atomic mass is 10.1. The Hall–Kier alpha value is -3.53. The van der Waals surface area contributed by atoms with Crippen molar-refractivity contribution >= 4 is 41.0 Å². The highest BCUT2D eigenvalue weighted by Crippen LogP contribution is 2.33. The molecule has 0 aliphatic rings. The predicted octanol–water partition coefficient (Wildman–Crippen LogP) is 4.68. The van der Waals surface area contributed by atoms with Crippen LogP contribution >= 0.6 is 11.6 Å². The molecule has 1 heterocycles. The van der Waals surface area contributed by atoms with Crippen LogP contribution in [0.1, 0.15) is 21.5 Å². The molecule has 7 nitrogen and oxygen atoms in total. The summed E-state index contributed by atoms with van der Waals surface area (Å²) >= 11 is 5.93. The van der Waals surface area contributed by atoms with Crippen LogP contribution in [0.5, 0.6) is 5.75 Å². The van der Waals surface area contributed by atoms with E-state index in [9.17, 15) is 18.0 Å². The highest BCUT2D eigenvalue weighted by Gasteiger charge is 2.31. The van der Waals surface area contributed by atoms with Crippen LogP contribution < -0.4 is 15.8 Å². The van der Waals surface area contributed by atoms with Crippen LogP contribution in [0.15, 0.2) is 47.5 Å². The van der Waals surface area contributed by atoms with Gasteiger partial charge in [0.25, 0.3) is 5.91 Å². The van der Waals surface area contributed by atoms with Crippen molar-refractivity contribution in [3.8, 4) is 5.75 Å². The molecule has 4 N–H and O–H groups in total. The fourth-order valence-electron chi connectivity index (χ4n) is 2.60. The number of ether oxygens (including phenoxy) is 1. The second kappa shape index (κ2) is 8.46. The number of H-pyrrole nitrogens is 1. The molecule has 1 amide bonds. The van der Waals surface area contributed by atoms with Crippen LogP contribution in [0.3, 0.4) is 0 Å². The van der Waals surface area contributed by atoms with E-state index in [1.165, 1.54) is 13.2 Å². The van der Waals surface area contributed by atoms with Crippen LogP contribution in [0.4, 0.5) is 30.5 Å². The number of aromatic amines is 1. The molecule has 1 aromatic heterocycles. The summed E-state index contributed by atoms with van der Waals surface area (Å²) in [6.45, 7) is 0. The molecule has 0 aliphatic heterocycles. The van der Waals surface area contributed by atoms with Crippen molar-refractivity contribution in [3.05, 3.63) is 64.2 Å². The molecular weight excluding hydrogens is 423 g/mol. The highest BCUT2D eigenvalue weighted by molar-refractivity contribution is 6.30. The maximum absolute atomic E-state index is 13.0. The average molecular weight is 438 g/mol. The van der Waals surface area contributed by atoms with E-state index in [1.54, 1.807) is 24.3 Å². The van der Waals surface area contributed by atoms with Gasteiger partial charge in [-0.05, 0) is 36.4 Å². The molecule has 3 rings (SSSR count). The van der Waals surface area contributed by atoms with E-state index in [1.807, 2.05) is 0 Å². The van der Waals surface area contributed by atoms with E-state index in [2.05, 4.69) is 20.5 Å². The Kier molecular flexibility index (Phi) is 5.97. The number of primary amides is 1. The van der Waals surface area contributed by atoms with Gasteiger partial charge in [-0.25, -0.2) is 4.99 Å². The lowest BCUT2D eigenvalue weighted by Crippen LogP contribution is -2.12. The summed E-state index contributed by atoms with van der Waals surface area (Å²) in [7, 11) is 1.32. The van der Waals surface area contributed by atoms with Gasteiger partial charge in [-0.1, -0.05) is 17.7 Å². The number of rotatable bonds is 6. The number of nitrogens with two attached hydrogens (primary N) is 1. The molecule has 0 atom stereocenters. The Balaban J connectivity index is 1.96. The van der Waals surface area contributed by atoms with Crippen molar-refractivity contribution < 1.29 is 22.7 Å². The number of nitrogens with zero attached hydrogens (tertiary/aromatic N) is 2. The molecule has 0 fully saturated rings. The topological polar surface area (TPSA) is 105 Å². The SMILES string of the molecule is COc1ccc(C(F)(F)F)cc1/C=N/c1[nH]nc(Nc2cccc(Cl)c2)c1C(N)=O. The molecule has 156 valence electrons. The molecule has 0 radical (unpaired) electrons. The van der Waals surface area contributed by atoms with Crippen LogP contribution in [0.2, 0.25) is 5.02 Å². The lowest BCUT2D eigenvalue weighted by molar-refractivity contribution is -0.137. The van der Waals surface area contributed by atoms with Gasteiger partial charge in [0.15, 0.2) is 11.6 Å². The number of carbonyl (C=O) groups is 1. The maximum atomic E-state index is 13.0. The largest absolute Gasteiger partial charge is 0.496 e. The van der Waals surface area contributed by atoms with Gasteiger partial charge in [-0.2, -0.15) is 18.3 Å². The Morgan fingerprint density at radius 3 is 2.70 bits per heavy atom. The number of hydrogen-bond acceptors (Lipinski definition) is 5. The van der Waals surface area contributed by atoms with Crippen molar-refractivity contribution in [2.45, 2.75) is 6.18 Å². The third-order valence-electron chi connectivity index (χ3n) is 3.97. The minimum atomic E-state index is -4.53. The Morgan fingerprint density at radius 1 is 1.30 bits per heavy atom. The molecule has 0 aliphatic carbocycles. The number of halogens is 4. The number of alkyl halides is 3. The number of aliphatic imine (C=N–C) groups is 1. The van der Waals surface area contributed by atoms with Crippen LogP contribution in [-0.4, -0.2) is 29.4 Å². The highest BCUT2D eigenvalue weighted by atomic mass is 35.5. The molecule has 0 spiro atoms. The first-order valence-corrected chi connectivity index (χ1v) is 8.77. The zero-order valence-electron chi connectivity index (χ0n) is 15.4. The van der Waals surface area contributed by atoms with Gasteiger partial charge in [-0.3, -0.25) is 9.89 Å². The molecule has 0 saturated heterocycles. The second-order valence-electron chi connectivity index (χ2n) is 6.01. The van der Waals surface area contributed by atoms with Gasteiger partial charge in [-0.15, -0.1) is 0 Å². The summed E-state index contributed by atoms with van der Waals surface area (Å²) in [5.41, 5.74) is 5.10. The van der Waals surface area contributed by atoms with Gasteiger partial charge in [0.1, 0.15) is 11.3 Å². The minimum Gasteiger partial charge on any atom is -0.496 e. The number of amides is 1. The number of nitrogens with one attached hydrogen (secondary N) is 2. The fraction of sp³-hybridized carbons (Fsp3) is 0.105. The van der Waals surface area contributed by atoms with Crippen LogP contribution in [0.25, 0.3) is 0 Å². The Labute approximate surface area is 173 Å². The monoisotopic (exact) mass is 437 g/mol. The third-order valence-corrected chi connectivity index (χ3v) is 4.21. The molecule has 3 aromatic rings. The summed E-state index contributed by atoms with van der Waals surface area (Å²) in [6, 6.07) is 9.63. The summed E-state index contributed by atoms with van der Waals surface area (Å²) in [5, 5.41) is 9.86. The van der Waals surface area contributed by atoms with E-state index in [4.69, 9.17) is 22.1 Å². The normalized spacial score (nSPS) is 11.6. The number of carbonyl (C=O) groups excluding carboxylic acids is 1. The van der Waals surface area contributed by atoms with Gasteiger partial charge in [0.05, 0.1) is 12.7 Å². The lowest BCUT2D eigenvalue weighted by Gasteiger charge is -2.10. The molecule has 11 heteroatoms. The van der Waals surface area contributed by atoms with Crippen LogP contribution in [-0.2, 0) is 6.18 Å². The quantitative estimate of drug-likeness (QED) is 0.487. The van der Waals surface area contributed by atoms with Gasteiger partial charge >= 0.3 is 6.18 Å². The number of aromatic nitrogens is 2. The first-order valence-electron chi connectivity index (χ1n) is 8.39. The molecular formula is C19H15ClF3N5O2. The first-order chi connectivity index (χ1) is 14.2. The first kappa shape index (κ1) is 21.2. The number of methoxy groups -OCH3 is 1. The van der Waals surface area contributed by atoms with Crippen molar-refractivity contribution in [2.75, 3.05) is 12.4 Å². The van der Waals surface area contributed by atoms with Crippen LogP contribution in [0, 0.1) is 0 Å². The zero-order valence-corrected chi connectivity index (χ0v) is 16.2. The average Bonchev–Trinajstić information content (AvgIpc) is 3.08. The summed E-state index contributed by atoms with van der Waals surface area (Å²) in [4.78, 5) is 16.0. The van der Waals surface area contributed by atoms with E-state index in [0.29, 0.717) is 10.7 Å².